The Kier molecular flexibility index (Phi) is 5.10. The normalized spacial score (nSPS) is 20.2. The SMILES string of the molecule is COCC(=O)N[C@H]1CCN2c3ccc([N+](=O)[O-])cc3N(C)c3ccccc3[C@H]2C1. The molecule has 0 bridgehead atoms. The molecule has 152 valence electrons. The van der Waals surface area contributed by atoms with Crippen LogP contribution in [0.5, 0.6) is 0 Å². The summed E-state index contributed by atoms with van der Waals surface area (Å²) in [4.78, 5) is 27.3. The molecule has 2 aromatic carbocycles. The van der Waals surface area contributed by atoms with E-state index in [0.29, 0.717) is 0 Å². The average Bonchev–Trinajstić information content (AvgIpc) is 2.82. The molecule has 2 aliphatic heterocycles. The molecule has 0 spiro atoms. The number of anilines is 3. The number of nitrogens with one attached hydrogen (secondary N) is 1. The van der Waals surface area contributed by atoms with Gasteiger partial charge in [-0.15, -0.1) is 0 Å². The number of hydrogen-bond donors (Lipinski definition) is 1. The molecule has 1 N–H and O–H groups in total. The highest BCUT2D eigenvalue weighted by atomic mass is 16.6. The van der Waals surface area contributed by atoms with Crippen molar-refractivity contribution >= 4 is 28.7 Å². The van der Waals surface area contributed by atoms with E-state index in [0.717, 1.165) is 42.0 Å². The van der Waals surface area contributed by atoms with E-state index in [1.165, 1.54) is 7.11 Å². The number of amides is 1. The van der Waals surface area contributed by atoms with Crippen molar-refractivity contribution in [3.05, 3.63) is 58.1 Å². The van der Waals surface area contributed by atoms with Gasteiger partial charge in [0.15, 0.2) is 0 Å². The number of nitrogens with zero attached hydrogens (tertiary/aromatic N) is 3. The quantitative estimate of drug-likeness (QED) is 0.631. The maximum absolute atomic E-state index is 12.0. The minimum Gasteiger partial charge on any atom is -0.375 e. The Labute approximate surface area is 169 Å². The standard InChI is InChI=1S/C21H24N4O4/c1-23-17-6-4-3-5-16(17)19-11-14(22-21(26)13-29-2)9-10-24(19)18-8-7-15(25(27)28)12-20(18)23/h3-8,12,14,19H,9-11,13H2,1-2H3,(H,22,26)/t14-,19+/m0/s1. The number of rotatable bonds is 4. The summed E-state index contributed by atoms with van der Waals surface area (Å²) in [6.45, 7) is 0.798. The molecule has 2 heterocycles. The van der Waals surface area contributed by atoms with Crippen LogP contribution < -0.4 is 15.1 Å². The number of carbonyl (C=O) groups is 1. The van der Waals surface area contributed by atoms with E-state index >= 15 is 0 Å². The van der Waals surface area contributed by atoms with Gasteiger partial charge in [-0.3, -0.25) is 14.9 Å². The van der Waals surface area contributed by atoms with Crippen LogP contribution in [0.1, 0.15) is 24.4 Å². The molecular formula is C21H24N4O4. The van der Waals surface area contributed by atoms with Crippen LogP contribution in [0.4, 0.5) is 22.7 Å². The monoisotopic (exact) mass is 396 g/mol. The van der Waals surface area contributed by atoms with Crippen molar-refractivity contribution in [1.29, 1.82) is 0 Å². The molecule has 0 unspecified atom stereocenters. The van der Waals surface area contributed by atoms with Crippen molar-refractivity contribution in [2.75, 3.05) is 37.1 Å². The number of carbonyl (C=O) groups excluding carboxylic acids is 1. The summed E-state index contributed by atoms with van der Waals surface area (Å²) in [5.41, 5.74) is 4.04. The maximum Gasteiger partial charge on any atom is 0.271 e. The van der Waals surface area contributed by atoms with Crippen LogP contribution in [0.2, 0.25) is 0 Å². The molecule has 0 aliphatic carbocycles. The fourth-order valence-electron chi connectivity index (χ4n) is 4.42. The van der Waals surface area contributed by atoms with Gasteiger partial charge in [-0.25, -0.2) is 0 Å². The summed E-state index contributed by atoms with van der Waals surface area (Å²) in [7, 11) is 3.45. The summed E-state index contributed by atoms with van der Waals surface area (Å²) in [6, 6.07) is 13.3. The number of piperidine rings is 1. The predicted octanol–water partition coefficient (Wildman–Crippen LogP) is 3.15. The lowest BCUT2D eigenvalue weighted by Gasteiger charge is -2.41. The highest BCUT2D eigenvalue weighted by Gasteiger charge is 2.36. The Balaban J connectivity index is 1.75. The first-order valence-electron chi connectivity index (χ1n) is 9.65. The molecule has 4 rings (SSSR count). The average molecular weight is 396 g/mol. The van der Waals surface area contributed by atoms with E-state index in [4.69, 9.17) is 4.74 Å². The van der Waals surface area contributed by atoms with Crippen LogP contribution in [0.3, 0.4) is 0 Å². The van der Waals surface area contributed by atoms with Gasteiger partial charge in [-0.05, 0) is 30.5 Å². The number of hydrogen-bond acceptors (Lipinski definition) is 6. The van der Waals surface area contributed by atoms with E-state index in [1.807, 2.05) is 36.2 Å². The third-order valence-corrected chi connectivity index (χ3v) is 5.74. The third kappa shape index (κ3) is 3.51. The van der Waals surface area contributed by atoms with Gasteiger partial charge in [0, 0.05) is 44.6 Å². The molecule has 2 aliphatic rings. The molecule has 2 aromatic rings. The Morgan fingerprint density at radius 2 is 2.03 bits per heavy atom. The minimum absolute atomic E-state index is 0.0523. The lowest BCUT2D eigenvalue weighted by molar-refractivity contribution is -0.384. The van der Waals surface area contributed by atoms with Crippen molar-refractivity contribution in [1.82, 2.24) is 5.32 Å². The third-order valence-electron chi connectivity index (χ3n) is 5.74. The molecule has 1 fully saturated rings. The fraction of sp³-hybridized carbons (Fsp3) is 0.381. The number of ether oxygens (including phenoxy) is 1. The maximum atomic E-state index is 12.0. The second-order valence-corrected chi connectivity index (χ2v) is 7.48. The van der Waals surface area contributed by atoms with Gasteiger partial charge in [0.1, 0.15) is 6.61 Å². The summed E-state index contributed by atoms with van der Waals surface area (Å²) in [6.07, 6.45) is 1.56. The smallest absolute Gasteiger partial charge is 0.271 e. The summed E-state index contributed by atoms with van der Waals surface area (Å²) < 4.78 is 4.93. The lowest BCUT2D eigenvalue weighted by Crippen LogP contribution is -2.47. The fourth-order valence-corrected chi connectivity index (χ4v) is 4.42. The van der Waals surface area contributed by atoms with Gasteiger partial charge in [-0.1, -0.05) is 18.2 Å². The van der Waals surface area contributed by atoms with E-state index in [9.17, 15) is 14.9 Å². The van der Waals surface area contributed by atoms with Gasteiger partial charge < -0.3 is 19.9 Å². The zero-order valence-corrected chi connectivity index (χ0v) is 16.5. The van der Waals surface area contributed by atoms with Gasteiger partial charge in [0.25, 0.3) is 5.69 Å². The van der Waals surface area contributed by atoms with Crippen LogP contribution in [0, 0.1) is 10.1 Å². The largest absolute Gasteiger partial charge is 0.375 e. The number of non-ortho nitro benzene ring substituents is 1. The number of benzene rings is 2. The molecule has 8 nitrogen and oxygen atoms in total. The second kappa shape index (κ2) is 7.71. The zero-order valence-electron chi connectivity index (χ0n) is 16.5. The number of nitro groups is 1. The Hall–Kier alpha value is -3.13. The first kappa shape index (κ1) is 19.2. The zero-order chi connectivity index (χ0) is 20.5. The predicted molar refractivity (Wildman–Crippen MR) is 111 cm³/mol. The van der Waals surface area contributed by atoms with Crippen LogP contribution in [0.25, 0.3) is 0 Å². The number of para-hydroxylation sites is 1. The number of fused-ring (bicyclic) bond motifs is 5. The van der Waals surface area contributed by atoms with Gasteiger partial charge in [0.05, 0.1) is 22.3 Å². The molecule has 0 aromatic heterocycles. The molecular weight excluding hydrogens is 372 g/mol. The van der Waals surface area contributed by atoms with Crippen molar-refractivity contribution in [3.8, 4) is 0 Å². The van der Waals surface area contributed by atoms with Crippen LogP contribution in [0.15, 0.2) is 42.5 Å². The summed E-state index contributed by atoms with van der Waals surface area (Å²) in [5.74, 6) is -0.110. The molecule has 0 radical (unpaired) electrons. The summed E-state index contributed by atoms with van der Waals surface area (Å²) >= 11 is 0. The van der Waals surface area contributed by atoms with Crippen molar-refractivity contribution in [3.63, 3.8) is 0 Å². The molecule has 1 amide bonds. The molecule has 1 saturated heterocycles. The van der Waals surface area contributed by atoms with E-state index in [2.05, 4.69) is 16.3 Å². The molecule has 8 heteroatoms. The van der Waals surface area contributed by atoms with Crippen molar-refractivity contribution < 1.29 is 14.5 Å². The van der Waals surface area contributed by atoms with Gasteiger partial charge in [0.2, 0.25) is 5.91 Å². The first-order chi connectivity index (χ1) is 14.0. The molecule has 0 saturated carbocycles. The van der Waals surface area contributed by atoms with Crippen molar-refractivity contribution in [2.24, 2.45) is 0 Å². The molecule has 2 atom stereocenters. The van der Waals surface area contributed by atoms with E-state index < -0.39 is 0 Å². The van der Waals surface area contributed by atoms with Crippen LogP contribution in [-0.2, 0) is 9.53 Å². The van der Waals surface area contributed by atoms with E-state index in [-0.39, 0.29) is 35.2 Å². The topological polar surface area (TPSA) is 87.9 Å². The van der Waals surface area contributed by atoms with Crippen LogP contribution >= 0.6 is 0 Å². The van der Waals surface area contributed by atoms with E-state index in [1.54, 1.807) is 12.1 Å². The van der Waals surface area contributed by atoms with Gasteiger partial charge in [-0.2, -0.15) is 0 Å². The van der Waals surface area contributed by atoms with Crippen LogP contribution in [-0.4, -0.2) is 44.2 Å². The Morgan fingerprint density at radius 1 is 1.24 bits per heavy atom. The lowest BCUT2D eigenvalue weighted by atomic mass is 9.90. The van der Waals surface area contributed by atoms with Crippen molar-refractivity contribution in [2.45, 2.75) is 24.9 Å². The Bertz CT molecular complexity index is 948. The second-order valence-electron chi connectivity index (χ2n) is 7.48. The number of nitro benzene ring substituents is 1. The molecule has 29 heavy (non-hydrogen) atoms. The number of methoxy groups -OCH3 is 1. The first-order valence-corrected chi connectivity index (χ1v) is 9.65. The van der Waals surface area contributed by atoms with Gasteiger partial charge >= 0.3 is 0 Å². The summed E-state index contributed by atoms with van der Waals surface area (Å²) in [5, 5.41) is 14.4. The highest BCUT2D eigenvalue weighted by Crippen LogP contribution is 2.48. The highest BCUT2D eigenvalue weighted by molar-refractivity contribution is 5.83. The Morgan fingerprint density at radius 3 is 2.79 bits per heavy atom. The minimum atomic E-state index is -0.361.